The molecule has 0 saturated carbocycles. The molecule has 0 radical (unpaired) electrons. The van der Waals surface area contributed by atoms with Gasteiger partial charge in [-0.05, 0) is 26.7 Å². The van der Waals surface area contributed by atoms with E-state index in [4.69, 9.17) is 9.84 Å². The highest BCUT2D eigenvalue weighted by atomic mass is 32.1. The molecule has 0 fully saturated rings. The van der Waals surface area contributed by atoms with E-state index in [1.165, 1.54) is 0 Å². The van der Waals surface area contributed by atoms with Crippen LogP contribution in [0.5, 0.6) is 0 Å². The van der Waals surface area contributed by atoms with Crippen LogP contribution in [0, 0.1) is 11.8 Å². The molecule has 0 aliphatic carbocycles. The summed E-state index contributed by atoms with van der Waals surface area (Å²) >= 11 is 1.00. The van der Waals surface area contributed by atoms with Gasteiger partial charge in [-0.2, -0.15) is 0 Å². The number of nitrogens with zero attached hydrogens (tertiary/aromatic N) is 1. The van der Waals surface area contributed by atoms with E-state index >= 15 is 0 Å². The van der Waals surface area contributed by atoms with Gasteiger partial charge < -0.3 is 15.2 Å². The first-order chi connectivity index (χ1) is 8.78. The monoisotopic (exact) mass is 282 g/mol. The lowest BCUT2D eigenvalue weighted by Crippen LogP contribution is -2.32. The average Bonchev–Trinajstić information content (AvgIpc) is 2.70. The molecule has 0 aliphatic rings. The second kappa shape index (κ2) is 6.20. The van der Waals surface area contributed by atoms with Crippen molar-refractivity contribution in [3.63, 3.8) is 0 Å². The largest absolute Gasteiger partial charge is 0.476 e. The molecule has 7 heteroatoms. The Hall–Kier alpha value is -2.07. The second-order valence-electron chi connectivity index (χ2n) is 4.50. The van der Waals surface area contributed by atoms with Crippen LogP contribution in [0.25, 0.3) is 0 Å². The van der Waals surface area contributed by atoms with Crippen LogP contribution in [0.15, 0.2) is 5.38 Å². The van der Waals surface area contributed by atoms with Gasteiger partial charge in [0.25, 0.3) is 0 Å². The third-order valence-corrected chi connectivity index (χ3v) is 2.45. The Balaban J connectivity index is 2.43. The summed E-state index contributed by atoms with van der Waals surface area (Å²) in [6.45, 7) is 5.40. The van der Waals surface area contributed by atoms with Crippen molar-refractivity contribution in [3.05, 3.63) is 16.1 Å². The molecule has 0 saturated heterocycles. The highest BCUT2D eigenvalue weighted by Gasteiger charge is 2.15. The maximum Gasteiger partial charge on any atom is 0.408 e. The normalized spacial score (nSPS) is 10.3. The van der Waals surface area contributed by atoms with Gasteiger partial charge in [0.1, 0.15) is 11.3 Å². The van der Waals surface area contributed by atoms with E-state index < -0.39 is 17.7 Å². The van der Waals surface area contributed by atoms with E-state index in [1.807, 2.05) is 0 Å². The summed E-state index contributed by atoms with van der Waals surface area (Å²) in [4.78, 5) is 25.7. The number of hydrogen-bond acceptors (Lipinski definition) is 5. The van der Waals surface area contributed by atoms with Crippen LogP contribution < -0.4 is 5.32 Å². The Morgan fingerprint density at radius 1 is 1.53 bits per heavy atom. The van der Waals surface area contributed by atoms with Gasteiger partial charge in [0.15, 0.2) is 0 Å². The summed E-state index contributed by atoms with van der Waals surface area (Å²) in [5, 5.41) is 12.7. The van der Waals surface area contributed by atoms with Gasteiger partial charge in [0.05, 0.1) is 6.54 Å². The van der Waals surface area contributed by atoms with Gasteiger partial charge in [-0.1, -0.05) is 5.92 Å². The molecule has 0 spiro atoms. The first-order valence-electron chi connectivity index (χ1n) is 5.42. The molecule has 2 N–H and O–H groups in total. The zero-order valence-corrected chi connectivity index (χ0v) is 11.6. The Bertz CT molecular complexity index is 534. The smallest absolute Gasteiger partial charge is 0.408 e. The summed E-state index contributed by atoms with van der Waals surface area (Å²) in [6.07, 6.45) is -0.550. The lowest BCUT2D eigenvalue weighted by molar-refractivity contribution is 0.0534. The number of thiazole rings is 1. The molecule has 0 unspecified atom stereocenters. The molecule has 1 aromatic heterocycles. The number of amides is 1. The third-order valence-electron chi connectivity index (χ3n) is 1.62. The molecule has 1 rings (SSSR count). The maximum absolute atomic E-state index is 11.3. The number of carbonyl (C=O) groups is 2. The van der Waals surface area contributed by atoms with E-state index in [1.54, 1.807) is 26.2 Å². The fourth-order valence-corrected chi connectivity index (χ4v) is 1.58. The average molecular weight is 282 g/mol. The predicted octanol–water partition coefficient (Wildman–Crippen LogP) is 1.72. The van der Waals surface area contributed by atoms with Gasteiger partial charge in [-0.3, -0.25) is 0 Å². The topological polar surface area (TPSA) is 88.5 Å². The molecule has 0 aromatic carbocycles. The van der Waals surface area contributed by atoms with Crippen molar-refractivity contribution in [1.82, 2.24) is 10.3 Å². The SMILES string of the molecule is CC(C)(C)OC(=O)NCC#Cc1csc(C(=O)O)n1. The maximum atomic E-state index is 11.3. The molecule has 1 aromatic rings. The van der Waals surface area contributed by atoms with Gasteiger partial charge in [-0.25, -0.2) is 14.6 Å². The quantitative estimate of drug-likeness (QED) is 0.806. The van der Waals surface area contributed by atoms with Crippen molar-refractivity contribution >= 4 is 23.4 Å². The van der Waals surface area contributed by atoms with Crippen molar-refractivity contribution in [1.29, 1.82) is 0 Å². The minimum Gasteiger partial charge on any atom is -0.476 e. The standard InChI is InChI=1S/C12H14N2O4S/c1-12(2,3)18-11(17)13-6-4-5-8-7-19-9(14-8)10(15)16/h7H,6H2,1-3H3,(H,13,17)(H,15,16). The number of ether oxygens (including phenoxy) is 1. The number of carboxylic acids is 1. The number of hydrogen-bond donors (Lipinski definition) is 2. The molecule has 0 atom stereocenters. The van der Waals surface area contributed by atoms with Crippen LogP contribution >= 0.6 is 11.3 Å². The Kier molecular flexibility index (Phi) is 4.89. The van der Waals surface area contributed by atoms with Crippen molar-refractivity contribution in [2.24, 2.45) is 0 Å². The van der Waals surface area contributed by atoms with Crippen LogP contribution in [0.3, 0.4) is 0 Å². The molecule has 19 heavy (non-hydrogen) atoms. The summed E-state index contributed by atoms with van der Waals surface area (Å²) < 4.78 is 5.02. The summed E-state index contributed by atoms with van der Waals surface area (Å²) in [5.74, 6) is 4.23. The van der Waals surface area contributed by atoms with E-state index in [2.05, 4.69) is 22.1 Å². The van der Waals surface area contributed by atoms with Crippen LogP contribution in [-0.4, -0.2) is 34.3 Å². The summed E-state index contributed by atoms with van der Waals surface area (Å²) in [7, 11) is 0. The summed E-state index contributed by atoms with van der Waals surface area (Å²) in [6, 6.07) is 0. The van der Waals surface area contributed by atoms with Crippen LogP contribution in [0.1, 0.15) is 36.3 Å². The number of carbonyl (C=O) groups excluding carboxylic acids is 1. The van der Waals surface area contributed by atoms with E-state index in [-0.39, 0.29) is 11.6 Å². The van der Waals surface area contributed by atoms with Crippen molar-refractivity contribution in [2.75, 3.05) is 6.54 Å². The van der Waals surface area contributed by atoms with Gasteiger partial charge in [-0.15, -0.1) is 11.3 Å². The van der Waals surface area contributed by atoms with Gasteiger partial charge in [0.2, 0.25) is 5.01 Å². The van der Waals surface area contributed by atoms with E-state index in [0.717, 1.165) is 11.3 Å². The molecule has 102 valence electrons. The van der Waals surface area contributed by atoms with Gasteiger partial charge >= 0.3 is 12.1 Å². The third kappa shape index (κ3) is 5.88. The molecule has 1 amide bonds. The minimum atomic E-state index is -1.08. The van der Waals surface area contributed by atoms with Crippen molar-refractivity contribution < 1.29 is 19.4 Å². The van der Waals surface area contributed by atoms with Crippen LogP contribution in [-0.2, 0) is 4.74 Å². The zero-order chi connectivity index (χ0) is 14.5. The Labute approximate surface area is 114 Å². The van der Waals surface area contributed by atoms with E-state index in [9.17, 15) is 9.59 Å². The first kappa shape index (κ1) is 15.0. The molecule has 6 nitrogen and oxygen atoms in total. The highest BCUT2D eigenvalue weighted by Crippen LogP contribution is 2.08. The number of rotatable bonds is 2. The molecular weight excluding hydrogens is 268 g/mol. The van der Waals surface area contributed by atoms with Crippen molar-refractivity contribution in [2.45, 2.75) is 26.4 Å². The number of aromatic nitrogens is 1. The fourth-order valence-electron chi connectivity index (χ4n) is 0.995. The zero-order valence-electron chi connectivity index (χ0n) is 10.8. The molecular formula is C12H14N2O4S. The fraction of sp³-hybridized carbons (Fsp3) is 0.417. The lowest BCUT2D eigenvalue weighted by Gasteiger charge is -2.18. The highest BCUT2D eigenvalue weighted by molar-refractivity contribution is 7.11. The minimum absolute atomic E-state index is 0.00981. The number of alkyl carbamates (subject to hydrolysis) is 1. The first-order valence-corrected chi connectivity index (χ1v) is 6.30. The van der Waals surface area contributed by atoms with Gasteiger partial charge in [0, 0.05) is 5.38 Å². The van der Waals surface area contributed by atoms with E-state index in [0.29, 0.717) is 5.69 Å². The van der Waals surface area contributed by atoms with Crippen LogP contribution in [0.4, 0.5) is 4.79 Å². The number of aromatic carboxylic acids is 1. The predicted molar refractivity (Wildman–Crippen MR) is 70.2 cm³/mol. The summed E-state index contributed by atoms with van der Waals surface area (Å²) in [5.41, 5.74) is -0.184. The number of carboxylic acid groups (broad SMARTS) is 1. The Morgan fingerprint density at radius 3 is 2.74 bits per heavy atom. The lowest BCUT2D eigenvalue weighted by atomic mass is 10.2. The molecule has 0 bridgehead atoms. The molecule has 0 aliphatic heterocycles. The Morgan fingerprint density at radius 2 is 2.21 bits per heavy atom. The van der Waals surface area contributed by atoms with Crippen molar-refractivity contribution in [3.8, 4) is 11.8 Å². The van der Waals surface area contributed by atoms with Crippen LogP contribution in [0.2, 0.25) is 0 Å². The second-order valence-corrected chi connectivity index (χ2v) is 5.36. The number of nitrogens with one attached hydrogen (secondary N) is 1. The molecule has 1 heterocycles.